The van der Waals surface area contributed by atoms with Crippen molar-refractivity contribution >= 4 is 5.91 Å². The van der Waals surface area contributed by atoms with Crippen molar-refractivity contribution in [2.75, 3.05) is 32.7 Å². The molecule has 4 rings (SSSR count). The second-order valence-corrected chi connectivity index (χ2v) is 9.34. The van der Waals surface area contributed by atoms with Crippen LogP contribution in [-0.2, 0) is 24.2 Å². The minimum Gasteiger partial charge on any atom is -0.388 e. The molecule has 1 N–H and O–H groups in total. The lowest BCUT2D eigenvalue weighted by atomic mass is 9.90. The molecular weight excluding hydrogens is 388 g/mol. The molecule has 0 aliphatic carbocycles. The van der Waals surface area contributed by atoms with Gasteiger partial charge in [0.1, 0.15) is 5.82 Å². The van der Waals surface area contributed by atoms with Crippen LogP contribution in [0.3, 0.4) is 0 Å². The number of nitrogens with zero attached hydrogens (tertiary/aromatic N) is 4. The van der Waals surface area contributed by atoms with Crippen molar-refractivity contribution < 1.29 is 9.90 Å². The van der Waals surface area contributed by atoms with Gasteiger partial charge in [0, 0.05) is 45.0 Å². The van der Waals surface area contributed by atoms with Crippen molar-refractivity contribution in [2.45, 2.75) is 57.6 Å². The number of hydrogen-bond donors (Lipinski definition) is 1. The fourth-order valence-electron chi connectivity index (χ4n) is 5.03. The summed E-state index contributed by atoms with van der Waals surface area (Å²) in [7, 11) is 0. The van der Waals surface area contributed by atoms with Gasteiger partial charge < -0.3 is 14.6 Å². The largest absolute Gasteiger partial charge is 0.388 e. The lowest BCUT2D eigenvalue weighted by molar-refractivity contribution is -0.135. The molecule has 2 saturated heterocycles. The third-order valence-corrected chi connectivity index (χ3v) is 7.06. The van der Waals surface area contributed by atoms with Gasteiger partial charge in [0.05, 0.1) is 18.7 Å². The van der Waals surface area contributed by atoms with E-state index in [1.807, 2.05) is 11.1 Å². The molecule has 2 aliphatic heterocycles. The minimum atomic E-state index is -0.708. The molecule has 31 heavy (non-hydrogen) atoms. The fraction of sp³-hybridized carbons (Fsp3) is 0.600. The van der Waals surface area contributed by atoms with Gasteiger partial charge in [0.2, 0.25) is 5.91 Å². The van der Waals surface area contributed by atoms with Crippen LogP contribution in [0.2, 0.25) is 0 Å². The molecular formula is C25H36N4O2. The first kappa shape index (κ1) is 22.0. The third kappa shape index (κ3) is 5.74. The van der Waals surface area contributed by atoms with Crippen LogP contribution in [0.15, 0.2) is 42.7 Å². The first-order valence-corrected chi connectivity index (χ1v) is 11.8. The zero-order chi connectivity index (χ0) is 21.7. The summed E-state index contributed by atoms with van der Waals surface area (Å²) in [6.45, 7) is 6.42. The second-order valence-electron chi connectivity index (χ2n) is 9.34. The van der Waals surface area contributed by atoms with E-state index in [0.717, 1.165) is 57.7 Å². The van der Waals surface area contributed by atoms with Crippen LogP contribution >= 0.6 is 0 Å². The predicted octanol–water partition coefficient (Wildman–Crippen LogP) is 2.75. The Morgan fingerprint density at radius 2 is 1.84 bits per heavy atom. The number of rotatable bonds is 7. The number of amides is 1. The lowest BCUT2D eigenvalue weighted by Crippen LogP contribution is -2.50. The van der Waals surface area contributed by atoms with Gasteiger partial charge in [-0.15, -0.1) is 0 Å². The van der Waals surface area contributed by atoms with E-state index in [9.17, 15) is 9.90 Å². The van der Waals surface area contributed by atoms with Crippen molar-refractivity contribution in [2.24, 2.45) is 5.92 Å². The van der Waals surface area contributed by atoms with E-state index in [2.05, 4.69) is 51.7 Å². The highest BCUT2D eigenvalue weighted by Gasteiger charge is 2.34. The van der Waals surface area contributed by atoms with Crippen molar-refractivity contribution in [1.82, 2.24) is 19.4 Å². The Balaban J connectivity index is 1.20. The van der Waals surface area contributed by atoms with Crippen molar-refractivity contribution in [3.63, 3.8) is 0 Å². The van der Waals surface area contributed by atoms with Crippen LogP contribution < -0.4 is 0 Å². The van der Waals surface area contributed by atoms with Crippen LogP contribution in [-0.4, -0.2) is 68.7 Å². The maximum Gasteiger partial charge on any atom is 0.236 e. The Morgan fingerprint density at radius 3 is 2.52 bits per heavy atom. The minimum absolute atomic E-state index is 0.242. The Labute approximate surface area is 185 Å². The van der Waals surface area contributed by atoms with E-state index < -0.39 is 5.60 Å². The zero-order valence-corrected chi connectivity index (χ0v) is 18.7. The van der Waals surface area contributed by atoms with E-state index in [4.69, 9.17) is 0 Å². The molecule has 0 unspecified atom stereocenters. The molecule has 2 fully saturated rings. The molecule has 0 bridgehead atoms. The number of carbonyl (C=O) groups is 1. The number of likely N-dealkylation sites (tertiary alicyclic amines) is 2. The van der Waals surface area contributed by atoms with Gasteiger partial charge in [-0.3, -0.25) is 9.69 Å². The van der Waals surface area contributed by atoms with Crippen molar-refractivity contribution in [1.29, 1.82) is 0 Å². The lowest BCUT2D eigenvalue weighted by Gasteiger charge is -2.39. The quantitative estimate of drug-likeness (QED) is 0.743. The highest BCUT2D eigenvalue weighted by Crippen LogP contribution is 2.26. The number of benzene rings is 1. The Hall–Kier alpha value is -2.18. The molecule has 2 aliphatic rings. The molecule has 2 aromatic rings. The van der Waals surface area contributed by atoms with E-state index >= 15 is 0 Å². The van der Waals surface area contributed by atoms with Gasteiger partial charge in [-0.1, -0.05) is 37.3 Å². The molecule has 3 heterocycles. The molecule has 6 nitrogen and oxygen atoms in total. The number of carbonyl (C=O) groups excluding carboxylic acids is 1. The Bertz CT molecular complexity index is 834. The highest BCUT2D eigenvalue weighted by molar-refractivity contribution is 5.78. The monoisotopic (exact) mass is 424 g/mol. The average molecular weight is 425 g/mol. The highest BCUT2D eigenvalue weighted by atomic mass is 16.3. The van der Waals surface area contributed by atoms with Gasteiger partial charge in [-0.25, -0.2) is 4.98 Å². The van der Waals surface area contributed by atoms with Crippen LogP contribution in [0.25, 0.3) is 0 Å². The molecule has 0 atom stereocenters. The maximum atomic E-state index is 12.8. The second kappa shape index (κ2) is 9.96. The van der Waals surface area contributed by atoms with E-state index in [-0.39, 0.29) is 5.91 Å². The van der Waals surface area contributed by atoms with Gasteiger partial charge >= 0.3 is 0 Å². The summed E-state index contributed by atoms with van der Waals surface area (Å²) in [6.07, 6.45) is 9.31. The van der Waals surface area contributed by atoms with Gasteiger partial charge in [-0.2, -0.15) is 0 Å². The summed E-state index contributed by atoms with van der Waals surface area (Å²) in [4.78, 5) is 21.5. The summed E-state index contributed by atoms with van der Waals surface area (Å²) < 4.78 is 2.07. The van der Waals surface area contributed by atoms with Crippen LogP contribution in [0, 0.1) is 5.92 Å². The zero-order valence-electron chi connectivity index (χ0n) is 18.7. The number of piperidine rings is 2. The van der Waals surface area contributed by atoms with Crippen LogP contribution in [0.1, 0.15) is 44.0 Å². The number of aromatic nitrogens is 2. The summed E-state index contributed by atoms with van der Waals surface area (Å²) >= 11 is 0. The summed E-state index contributed by atoms with van der Waals surface area (Å²) in [5.41, 5.74) is 0.690. The molecule has 0 saturated carbocycles. The average Bonchev–Trinajstić information content (AvgIpc) is 3.23. The van der Waals surface area contributed by atoms with E-state index in [1.165, 1.54) is 5.56 Å². The summed E-state index contributed by atoms with van der Waals surface area (Å²) in [5, 5.41) is 11.0. The SMILES string of the molecule is CCc1nccn1CC1(O)CCN(CC(=O)N2CCC(Cc3ccccc3)CC2)CC1. The predicted molar refractivity (Wildman–Crippen MR) is 122 cm³/mol. The Kier molecular flexibility index (Phi) is 7.08. The summed E-state index contributed by atoms with van der Waals surface area (Å²) in [5.74, 6) is 1.93. The smallest absolute Gasteiger partial charge is 0.236 e. The van der Waals surface area contributed by atoms with Gasteiger partial charge in [0.15, 0.2) is 0 Å². The van der Waals surface area contributed by atoms with E-state index in [1.54, 1.807) is 6.20 Å². The van der Waals surface area contributed by atoms with Crippen LogP contribution in [0.5, 0.6) is 0 Å². The Morgan fingerprint density at radius 1 is 1.13 bits per heavy atom. The fourth-order valence-corrected chi connectivity index (χ4v) is 5.03. The summed E-state index contributed by atoms with van der Waals surface area (Å²) in [6, 6.07) is 10.7. The van der Waals surface area contributed by atoms with E-state index in [0.29, 0.717) is 31.8 Å². The normalized spacial score (nSPS) is 20.1. The van der Waals surface area contributed by atoms with Gasteiger partial charge in [0.25, 0.3) is 0 Å². The van der Waals surface area contributed by atoms with Gasteiger partial charge in [-0.05, 0) is 43.6 Å². The third-order valence-electron chi connectivity index (χ3n) is 7.06. The van der Waals surface area contributed by atoms with Crippen molar-refractivity contribution in [3.05, 3.63) is 54.1 Å². The van der Waals surface area contributed by atoms with Crippen LogP contribution in [0.4, 0.5) is 0 Å². The molecule has 1 amide bonds. The van der Waals surface area contributed by atoms with Crippen molar-refractivity contribution in [3.8, 4) is 0 Å². The topological polar surface area (TPSA) is 61.6 Å². The molecule has 0 spiro atoms. The molecule has 1 aromatic carbocycles. The molecule has 168 valence electrons. The number of hydrogen-bond acceptors (Lipinski definition) is 4. The number of imidazole rings is 1. The molecule has 0 radical (unpaired) electrons. The standard InChI is InChI=1S/C25H36N4O2/c1-2-23-26-12-17-29(23)20-25(31)10-15-27(16-11-25)19-24(30)28-13-8-22(9-14-28)18-21-6-4-3-5-7-21/h3-7,12,17,22,31H,2,8-11,13-16,18-20H2,1H3. The number of aliphatic hydroxyl groups is 1. The first-order valence-electron chi connectivity index (χ1n) is 11.8. The first-order chi connectivity index (χ1) is 15.0. The number of aryl methyl sites for hydroxylation is 1. The maximum absolute atomic E-state index is 12.8. The molecule has 1 aromatic heterocycles. The molecule has 6 heteroatoms.